The number of halogens is 1. The molecular weight excluding hydrogens is 187 g/mol. The van der Waals surface area contributed by atoms with E-state index in [1.165, 1.54) is 0 Å². The first-order chi connectivity index (χ1) is 5.34. The summed E-state index contributed by atoms with van der Waals surface area (Å²) in [6.45, 7) is 0.338. The zero-order valence-corrected chi connectivity index (χ0v) is 6.49. The molecule has 12 heavy (non-hydrogen) atoms. The van der Waals surface area contributed by atoms with Gasteiger partial charge in [0.05, 0.1) is 0 Å². The average molecular weight is 195 g/mol. The van der Waals surface area contributed by atoms with Crippen LogP contribution in [0.2, 0.25) is 0 Å². The van der Waals surface area contributed by atoms with Gasteiger partial charge in [0.15, 0.2) is 0 Å². The number of benzene rings is 1. The van der Waals surface area contributed by atoms with Crippen molar-refractivity contribution >= 4 is 47.6 Å². The van der Waals surface area contributed by atoms with Gasteiger partial charge in [0.1, 0.15) is 0 Å². The minimum atomic E-state index is -0.673. The Hall–Kier alpha value is -0.0200. The van der Waals surface area contributed by atoms with Crippen molar-refractivity contribution in [3.63, 3.8) is 0 Å². The Morgan fingerprint density at radius 1 is 1.33 bits per heavy atom. The standard InChI is InChI=1S/C8H7ClO2.Na.H/c9-8(11-6-10)7-4-2-1-3-5-7;;/h1-6,8H;;. The summed E-state index contributed by atoms with van der Waals surface area (Å²) in [4.78, 5) is 9.88. The molecule has 0 aliphatic carbocycles. The van der Waals surface area contributed by atoms with Crippen LogP contribution in [0, 0.1) is 0 Å². The molecule has 1 unspecified atom stereocenters. The molecule has 0 fully saturated rings. The second-order valence-corrected chi connectivity index (χ2v) is 2.36. The van der Waals surface area contributed by atoms with Crippen molar-refractivity contribution in [2.75, 3.05) is 0 Å². The SMILES string of the molecule is O=COC(Cl)c1ccccc1.[NaH]. The maximum absolute atomic E-state index is 9.88. The van der Waals surface area contributed by atoms with Crippen LogP contribution in [0.4, 0.5) is 0 Å². The molecule has 1 aromatic rings. The van der Waals surface area contributed by atoms with Crippen molar-refractivity contribution in [2.24, 2.45) is 0 Å². The summed E-state index contributed by atoms with van der Waals surface area (Å²) < 4.78 is 4.51. The van der Waals surface area contributed by atoms with E-state index in [9.17, 15) is 4.79 Å². The molecule has 0 aromatic heterocycles. The van der Waals surface area contributed by atoms with Gasteiger partial charge in [-0.15, -0.1) is 0 Å². The molecule has 0 radical (unpaired) electrons. The molecule has 1 aromatic carbocycles. The first-order valence-corrected chi connectivity index (χ1v) is 3.56. The van der Waals surface area contributed by atoms with Gasteiger partial charge in [-0.1, -0.05) is 41.9 Å². The Morgan fingerprint density at radius 2 is 1.92 bits per heavy atom. The predicted octanol–water partition coefficient (Wildman–Crippen LogP) is 1.45. The Kier molecular flexibility index (Phi) is 6.48. The van der Waals surface area contributed by atoms with Crippen molar-refractivity contribution in [1.29, 1.82) is 0 Å². The van der Waals surface area contributed by atoms with Crippen molar-refractivity contribution in [3.8, 4) is 0 Å². The van der Waals surface area contributed by atoms with Gasteiger partial charge in [-0.25, -0.2) is 0 Å². The number of carbonyl (C=O) groups excluding carboxylic acids is 1. The number of hydrogen-bond acceptors (Lipinski definition) is 2. The summed E-state index contributed by atoms with van der Waals surface area (Å²) in [6, 6.07) is 9.12. The van der Waals surface area contributed by atoms with E-state index in [1.807, 2.05) is 18.2 Å². The van der Waals surface area contributed by atoms with E-state index >= 15 is 0 Å². The second kappa shape index (κ2) is 6.49. The van der Waals surface area contributed by atoms with E-state index in [0.29, 0.717) is 6.47 Å². The summed E-state index contributed by atoms with van der Waals surface area (Å²) in [5.74, 6) is 0. The predicted molar refractivity (Wildman–Crippen MR) is 49.3 cm³/mol. The summed E-state index contributed by atoms with van der Waals surface area (Å²) in [5.41, 5.74) is 0.106. The van der Waals surface area contributed by atoms with Crippen molar-refractivity contribution < 1.29 is 9.53 Å². The maximum atomic E-state index is 9.88. The van der Waals surface area contributed by atoms with Gasteiger partial charge in [-0.3, -0.25) is 4.79 Å². The molecule has 0 aliphatic heterocycles. The van der Waals surface area contributed by atoms with Crippen LogP contribution in [0.1, 0.15) is 11.1 Å². The first-order valence-electron chi connectivity index (χ1n) is 3.12. The van der Waals surface area contributed by atoms with Gasteiger partial charge in [0.25, 0.3) is 6.47 Å². The number of carbonyl (C=O) groups is 1. The van der Waals surface area contributed by atoms with Crippen LogP contribution in [0.25, 0.3) is 0 Å². The molecule has 0 amide bonds. The third-order valence-electron chi connectivity index (χ3n) is 1.24. The number of alkyl halides is 1. The molecule has 0 spiro atoms. The minimum absolute atomic E-state index is 0. The Morgan fingerprint density at radius 3 is 2.42 bits per heavy atom. The molecule has 0 aliphatic rings. The normalized spacial score (nSPS) is 11.1. The van der Waals surface area contributed by atoms with Crippen LogP contribution < -0.4 is 0 Å². The molecule has 0 bridgehead atoms. The van der Waals surface area contributed by atoms with Crippen LogP contribution in [0.5, 0.6) is 0 Å². The number of ether oxygens (including phenoxy) is 1. The van der Waals surface area contributed by atoms with Crippen LogP contribution in [-0.4, -0.2) is 36.0 Å². The fraction of sp³-hybridized carbons (Fsp3) is 0.125. The van der Waals surface area contributed by atoms with Gasteiger partial charge in [0, 0.05) is 5.56 Å². The van der Waals surface area contributed by atoms with Gasteiger partial charge in [-0.2, -0.15) is 0 Å². The molecule has 4 heteroatoms. The second-order valence-electron chi connectivity index (χ2n) is 1.96. The Labute approximate surface area is 98.2 Å². The molecule has 0 heterocycles. The summed E-state index contributed by atoms with van der Waals surface area (Å²) in [7, 11) is 0. The van der Waals surface area contributed by atoms with Crippen LogP contribution in [0.15, 0.2) is 30.3 Å². The molecular formula is C8H8ClNaO2. The number of rotatable bonds is 3. The van der Waals surface area contributed by atoms with Gasteiger partial charge >= 0.3 is 29.6 Å². The topological polar surface area (TPSA) is 26.3 Å². The first kappa shape index (κ1) is 12.0. The van der Waals surface area contributed by atoms with E-state index < -0.39 is 5.56 Å². The molecule has 0 saturated carbocycles. The van der Waals surface area contributed by atoms with Crippen molar-refractivity contribution in [2.45, 2.75) is 5.56 Å². The average Bonchev–Trinajstić information content (AvgIpc) is 2.07. The third kappa shape index (κ3) is 3.59. The van der Waals surface area contributed by atoms with Crippen LogP contribution in [0.3, 0.4) is 0 Å². The van der Waals surface area contributed by atoms with Gasteiger partial charge < -0.3 is 4.74 Å². The van der Waals surface area contributed by atoms with Crippen LogP contribution >= 0.6 is 11.6 Å². The van der Waals surface area contributed by atoms with E-state index in [1.54, 1.807) is 12.1 Å². The molecule has 1 rings (SSSR count). The third-order valence-corrected chi connectivity index (χ3v) is 1.59. The van der Waals surface area contributed by atoms with Crippen LogP contribution in [-0.2, 0) is 9.53 Å². The number of hydrogen-bond donors (Lipinski definition) is 0. The molecule has 0 N–H and O–H groups in total. The Bertz CT molecular complexity index is 228. The zero-order chi connectivity index (χ0) is 8.10. The molecule has 2 nitrogen and oxygen atoms in total. The van der Waals surface area contributed by atoms with E-state index in [0.717, 1.165) is 5.56 Å². The fourth-order valence-corrected chi connectivity index (χ4v) is 0.919. The molecule has 60 valence electrons. The molecule has 0 saturated heterocycles. The zero-order valence-electron chi connectivity index (χ0n) is 5.74. The summed E-state index contributed by atoms with van der Waals surface area (Å²) in [5, 5.41) is 0. The van der Waals surface area contributed by atoms with Gasteiger partial charge in [-0.05, 0) is 0 Å². The Balaban J connectivity index is 0.00000121. The van der Waals surface area contributed by atoms with E-state index in [-0.39, 0.29) is 29.6 Å². The van der Waals surface area contributed by atoms with E-state index in [4.69, 9.17) is 11.6 Å². The monoisotopic (exact) mass is 194 g/mol. The van der Waals surface area contributed by atoms with Gasteiger partial charge in [0.2, 0.25) is 5.56 Å². The quantitative estimate of drug-likeness (QED) is 0.414. The summed E-state index contributed by atoms with van der Waals surface area (Å²) >= 11 is 5.65. The summed E-state index contributed by atoms with van der Waals surface area (Å²) in [6.07, 6.45) is 0. The van der Waals surface area contributed by atoms with Crippen molar-refractivity contribution in [3.05, 3.63) is 35.9 Å². The van der Waals surface area contributed by atoms with E-state index in [2.05, 4.69) is 4.74 Å². The molecule has 1 atom stereocenters. The van der Waals surface area contributed by atoms with Crippen molar-refractivity contribution in [1.82, 2.24) is 0 Å². The fourth-order valence-electron chi connectivity index (χ4n) is 0.732.